The average molecular weight is 286 g/mol. The summed E-state index contributed by atoms with van der Waals surface area (Å²) < 4.78 is 10.6. The summed E-state index contributed by atoms with van der Waals surface area (Å²) in [4.78, 5) is 0. The van der Waals surface area contributed by atoms with E-state index in [-0.39, 0.29) is 0 Å². The molecule has 3 rings (SSSR count). The van der Waals surface area contributed by atoms with Crippen LogP contribution in [0.2, 0.25) is 0 Å². The van der Waals surface area contributed by atoms with Gasteiger partial charge in [-0.3, -0.25) is 0 Å². The van der Waals surface area contributed by atoms with Crippen molar-refractivity contribution in [3.8, 4) is 5.75 Å². The van der Waals surface area contributed by atoms with Gasteiger partial charge in [-0.05, 0) is 44.2 Å². The fourth-order valence-electron chi connectivity index (χ4n) is 3.04. The molecule has 0 spiro atoms. The van der Waals surface area contributed by atoms with Gasteiger partial charge in [-0.2, -0.15) is 0 Å². The molecule has 0 unspecified atom stereocenters. The van der Waals surface area contributed by atoms with E-state index in [1.807, 2.05) is 26.0 Å². The lowest BCUT2D eigenvalue weighted by Gasteiger charge is -2.37. The number of aryl methyl sites for hydroxylation is 2. The van der Waals surface area contributed by atoms with E-state index in [1.165, 1.54) is 11.1 Å². The molecule has 1 aromatic heterocycles. The minimum absolute atomic E-state index is 0.564. The molecule has 0 saturated heterocycles. The minimum atomic E-state index is 0.564. The summed E-state index contributed by atoms with van der Waals surface area (Å²) in [6.45, 7) is 4.80. The predicted octanol–water partition coefficient (Wildman–Crippen LogP) is 3.34. The van der Waals surface area contributed by atoms with Crippen LogP contribution in [0, 0.1) is 13.8 Å². The molecule has 21 heavy (non-hydrogen) atoms. The van der Waals surface area contributed by atoms with Crippen molar-refractivity contribution in [2.45, 2.75) is 45.2 Å². The highest BCUT2D eigenvalue weighted by molar-refractivity contribution is 5.37. The van der Waals surface area contributed by atoms with E-state index in [1.54, 1.807) is 7.11 Å². The van der Waals surface area contributed by atoms with Crippen LogP contribution in [0.4, 0.5) is 0 Å². The van der Waals surface area contributed by atoms with Crippen molar-refractivity contribution in [1.29, 1.82) is 0 Å². The number of hydrogen-bond acceptors (Lipinski definition) is 4. The Morgan fingerprint density at radius 1 is 1.29 bits per heavy atom. The molecular weight excluding hydrogens is 264 g/mol. The van der Waals surface area contributed by atoms with Gasteiger partial charge in [0.25, 0.3) is 0 Å². The van der Waals surface area contributed by atoms with Crippen molar-refractivity contribution in [1.82, 2.24) is 10.5 Å². The molecular formula is C17H22N2O2. The molecule has 1 saturated carbocycles. The van der Waals surface area contributed by atoms with Gasteiger partial charge in [-0.15, -0.1) is 0 Å². The van der Waals surface area contributed by atoms with Gasteiger partial charge in [0.1, 0.15) is 11.5 Å². The van der Waals surface area contributed by atoms with Crippen LogP contribution in [-0.2, 0) is 6.54 Å². The second kappa shape index (κ2) is 5.90. The number of methoxy groups -OCH3 is 1. The van der Waals surface area contributed by atoms with Gasteiger partial charge < -0.3 is 14.6 Å². The summed E-state index contributed by atoms with van der Waals surface area (Å²) >= 11 is 0. The van der Waals surface area contributed by atoms with Crippen LogP contribution in [0.25, 0.3) is 0 Å². The van der Waals surface area contributed by atoms with Gasteiger partial charge in [-0.25, -0.2) is 0 Å². The van der Waals surface area contributed by atoms with Gasteiger partial charge in [0.05, 0.1) is 12.8 Å². The zero-order valence-electron chi connectivity index (χ0n) is 12.8. The predicted molar refractivity (Wildman–Crippen MR) is 81.6 cm³/mol. The Morgan fingerprint density at radius 3 is 2.71 bits per heavy atom. The number of ether oxygens (including phenoxy) is 1. The molecule has 0 aliphatic heterocycles. The highest BCUT2D eigenvalue weighted by Gasteiger charge is 2.31. The fourth-order valence-corrected chi connectivity index (χ4v) is 3.04. The third kappa shape index (κ3) is 2.81. The van der Waals surface area contributed by atoms with Crippen molar-refractivity contribution < 1.29 is 9.26 Å². The lowest BCUT2D eigenvalue weighted by Crippen LogP contribution is -2.39. The molecule has 0 bridgehead atoms. The van der Waals surface area contributed by atoms with E-state index in [9.17, 15) is 0 Å². The summed E-state index contributed by atoms with van der Waals surface area (Å²) in [5.41, 5.74) is 3.51. The van der Waals surface area contributed by atoms with Crippen molar-refractivity contribution in [3.63, 3.8) is 0 Å². The Bertz CT molecular complexity index is 596. The van der Waals surface area contributed by atoms with E-state index in [0.717, 1.165) is 36.6 Å². The molecule has 112 valence electrons. The molecule has 0 atom stereocenters. The molecule has 0 amide bonds. The lowest BCUT2D eigenvalue weighted by molar-refractivity contribution is 0.281. The van der Waals surface area contributed by atoms with Gasteiger partial charge in [0.15, 0.2) is 0 Å². The smallest absolute Gasteiger partial charge is 0.138 e. The van der Waals surface area contributed by atoms with Gasteiger partial charge in [-0.1, -0.05) is 23.4 Å². The molecule has 4 heteroatoms. The van der Waals surface area contributed by atoms with Crippen LogP contribution >= 0.6 is 0 Å². The molecule has 1 heterocycles. The number of benzene rings is 1. The third-order valence-corrected chi connectivity index (χ3v) is 4.47. The van der Waals surface area contributed by atoms with Crippen molar-refractivity contribution in [2.24, 2.45) is 0 Å². The van der Waals surface area contributed by atoms with E-state index in [2.05, 4.69) is 22.6 Å². The maximum Gasteiger partial charge on any atom is 0.138 e. The van der Waals surface area contributed by atoms with E-state index < -0.39 is 0 Å². The number of aromatic nitrogens is 1. The fraction of sp³-hybridized carbons (Fsp3) is 0.471. The first-order valence-electron chi connectivity index (χ1n) is 7.47. The molecule has 0 radical (unpaired) electrons. The van der Waals surface area contributed by atoms with Crippen LogP contribution in [0.3, 0.4) is 0 Å². The Balaban J connectivity index is 1.54. The Morgan fingerprint density at radius 2 is 2.05 bits per heavy atom. The normalized spacial score (nSPS) is 21.1. The molecule has 4 nitrogen and oxygen atoms in total. The zero-order chi connectivity index (χ0) is 14.8. The minimum Gasteiger partial charge on any atom is -0.496 e. The first-order valence-corrected chi connectivity index (χ1v) is 7.47. The summed E-state index contributed by atoms with van der Waals surface area (Å²) in [6, 6.07) is 8.89. The highest BCUT2D eigenvalue weighted by Crippen LogP contribution is 2.41. The summed E-state index contributed by atoms with van der Waals surface area (Å²) in [7, 11) is 1.74. The molecule has 2 aromatic rings. The molecule has 1 aliphatic carbocycles. The van der Waals surface area contributed by atoms with Crippen molar-refractivity contribution in [2.75, 3.05) is 7.11 Å². The van der Waals surface area contributed by atoms with E-state index >= 15 is 0 Å². The maximum absolute atomic E-state index is 5.45. The molecule has 1 aromatic carbocycles. The molecule has 1 N–H and O–H groups in total. The third-order valence-electron chi connectivity index (χ3n) is 4.47. The Kier molecular flexibility index (Phi) is 3.97. The van der Waals surface area contributed by atoms with Crippen LogP contribution in [0.15, 0.2) is 28.8 Å². The number of nitrogens with zero attached hydrogens (tertiary/aromatic N) is 1. The number of rotatable bonds is 5. The SMILES string of the molecule is COc1ccccc1C1CC(NCc2c(C)noc2C)C1. The van der Waals surface area contributed by atoms with Gasteiger partial charge >= 0.3 is 0 Å². The second-order valence-corrected chi connectivity index (χ2v) is 5.79. The monoisotopic (exact) mass is 286 g/mol. The first kappa shape index (κ1) is 14.1. The van der Waals surface area contributed by atoms with Gasteiger partial charge in [0, 0.05) is 18.2 Å². The first-order chi connectivity index (χ1) is 10.2. The van der Waals surface area contributed by atoms with Crippen LogP contribution in [-0.4, -0.2) is 18.3 Å². The summed E-state index contributed by atoms with van der Waals surface area (Å²) in [5, 5.41) is 7.59. The van der Waals surface area contributed by atoms with Crippen LogP contribution in [0.1, 0.15) is 41.3 Å². The lowest BCUT2D eigenvalue weighted by atomic mass is 9.75. The zero-order valence-corrected chi connectivity index (χ0v) is 12.8. The highest BCUT2D eigenvalue weighted by atomic mass is 16.5. The quantitative estimate of drug-likeness (QED) is 0.916. The van der Waals surface area contributed by atoms with Crippen molar-refractivity contribution >= 4 is 0 Å². The summed E-state index contributed by atoms with van der Waals surface area (Å²) in [5.74, 6) is 2.52. The number of nitrogens with one attached hydrogen (secondary N) is 1. The van der Waals surface area contributed by atoms with Crippen LogP contribution < -0.4 is 10.1 Å². The Hall–Kier alpha value is -1.81. The van der Waals surface area contributed by atoms with Crippen molar-refractivity contribution in [3.05, 3.63) is 46.8 Å². The average Bonchev–Trinajstić information content (AvgIpc) is 2.77. The topological polar surface area (TPSA) is 47.3 Å². The standard InChI is InChI=1S/C17H22N2O2/c1-11-16(12(2)21-19-11)10-18-14-8-13(9-14)15-6-4-5-7-17(15)20-3/h4-7,13-14,18H,8-10H2,1-3H3. The number of para-hydroxylation sites is 1. The molecule has 1 aliphatic rings. The maximum atomic E-state index is 5.45. The van der Waals surface area contributed by atoms with E-state index in [0.29, 0.717) is 12.0 Å². The number of hydrogen-bond donors (Lipinski definition) is 1. The summed E-state index contributed by atoms with van der Waals surface area (Å²) in [6.07, 6.45) is 2.31. The largest absolute Gasteiger partial charge is 0.496 e. The second-order valence-electron chi connectivity index (χ2n) is 5.79. The van der Waals surface area contributed by atoms with Gasteiger partial charge in [0.2, 0.25) is 0 Å². The molecule has 1 fully saturated rings. The Labute approximate surface area is 125 Å². The van der Waals surface area contributed by atoms with Crippen LogP contribution in [0.5, 0.6) is 5.75 Å². The van der Waals surface area contributed by atoms with E-state index in [4.69, 9.17) is 9.26 Å².